The molecular weight excluding hydrogens is 338 g/mol. The first-order valence-corrected chi connectivity index (χ1v) is 9.40. The average molecular weight is 370 g/mol. The Morgan fingerprint density at radius 1 is 1.15 bits per heavy atom. The summed E-state index contributed by atoms with van der Waals surface area (Å²) < 4.78 is 5.62. The minimum absolute atomic E-state index is 0.477. The van der Waals surface area contributed by atoms with Gasteiger partial charge in [0.15, 0.2) is 5.96 Å². The van der Waals surface area contributed by atoms with Crippen LogP contribution in [0.15, 0.2) is 59.9 Å². The standard InChI is InChI=1S/C21H31N5O/c1-18(26(3)17-19-8-5-4-6-9-19)11-13-24-21(22-2)25-14-15-27-20-10-7-12-23-16-20/h4-10,12,16,18H,11,13-15,17H2,1-3H3,(H2,22,24,25). The summed E-state index contributed by atoms with van der Waals surface area (Å²) in [4.78, 5) is 10.7. The van der Waals surface area contributed by atoms with Crippen molar-refractivity contribution in [3.63, 3.8) is 0 Å². The van der Waals surface area contributed by atoms with Crippen LogP contribution in [-0.2, 0) is 6.54 Å². The van der Waals surface area contributed by atoms with Crippen molar-refractivity contribution in [2.75, 3.05) is 33.8 Å². The van der Waals surface area contributed by atoms with Crippen LogP contribution in [0.2, 0.25) is 0 Å². The van der Waals surface area contributed by atoms with E-state index in [2.05, 4.69) is 69.8 Å². The fraction of sp³-hybridized carbons (Fsp3) is 0.429. The molecule has 1 aromatic heterocycles. The summed E-state index contributed by atoms with van der Waals surface area (Å²) in [6.07, 6.45) is 4.48. The first-order chi connectivity index (χ1) is 13.2. The van der Waals surface area contributed by atoms with Crippen LogP contribution in [0.25, 0.3) is 0 Å². The van der Waals surface area contributed by atoms with Gasteiger partial charge in [-0.3, -0.25) is 14.9 Å². The average Bonchev–Trinajstić information content (AvgIpc) is 2.71. The van der Waals surface area contributed by atoms with Crippen molar-refractivity contribution in [3.8, 4) is 5.75 Å². The van der Waals surface area contributed by atoms with E-state index in [0.29, 0.717) is 19.2 Å². The molecule has 0 fully saturated rings. The molecule has 0 saturated heterocycles. The van der Waals surface area contributed by atoms with Crippen LogP contribution in [0.1, 0.15) is 18.9 Å². The molecule has 1 aromatic carbocycles. The second-order valence-corrected chi connectivity index (χ2v) is 6.50. The maximum Gasteiger partial charge on any atom is 0.191 e. The molecule has 2 N–H and O–H groups in total. The van der Waals surface area contributed by atoms with Gasteiger partial charge in [0.1, 0.15) is 12.4 Å². The zero-order valence-electron chi connectivity index (χ0n) is 16.6. The number of guanidine groups is 1. The second kappa shape index (κ2) is 11.9. The smallest absolute Gasteiger partial charge is 0.191 e. The monoisotopic (exact) mass is 369 g/mol. The molecule has 146 valence electrons. The predicted molar refractivity (Wildman–Crippen MR) is 111 cm³/mol. The number of rotatable bonds is 10. The van der Waals surface area contributed by atoms with E-state index in [0.717, 1.165) is 31.2 Å². The van der Waals surface area contributed by atoms with Gasteiger partial charge in [-0.2, -0.15) is 0 Å². The van der Waals surface area contributed by atoms with Gasteiger partial charge in [-0.05, 0) is 38.1 Å². The van der Waals surface area contributed by atoms with Crippen LogP contribution in [0, 0.1) is 0 Å². The third-order valence-corrected chi connectivity index (χ3v) is 4.40. The number of hydrogen-bond acceptors (Lipinski definition) is 4. The Morgan fingerprint density at radius 3 is 2.63 bits per heavy atom. The van der Waals surface area contributed by atoms with Crippen molar-refractivity contribution >= 4 is 5.96 Å². The van der Waals surface area contributed by atoms with Gasteiger partial charge in [-0.25, -0.2) is 0 Å². The highest BCUT2D eigenvalue weighted by molar-refractivity contribution is 5.79. The van der Waals surface area contributed by atoms with Crippen LogP contribution in [0.3, 0.4) is 0 Å². The Hall–Kier alpha value is -2.60. The fourth-order valence-electron chi connectivity index (χ4n) is 2.64. The molecule has 6 nitrogen and oxygen atoms in total. The van der Waals surface area contributed by atoms with Gasteiger partial charge in [0.25, 0.3) is 0 Å². The predicted octanol–water partition coefficient (Wildman–Crippen LogP) is 2.54. The quantitative estimate of drug-likeness (QED) is 0.383. The SMILES string of the molecule is CN=C(NCCOc1cccnc1)NCCC(C)N(C)Cc1ccccc1. The molecule has 2 rings (SSSR count). The summed E-state index contributed by atoms with van der Waals surface area (Å²) in [6, 6.07) is 14.8. The zero-order valence-corrected chi connectivity index (χ0v) is 16.6. The molecule has 27 heavy (non-hydrogen) atoms. The summed E-state index contributed by atoms with van der Waals surface area (Å²) in [5, 5.41) is 6.62. The van der Waals surface area contributed by atoms with E-state index >= 15 is 0 Å². The Balaban J connectivity index is 1.60. The molecule has 0 spiro atoms. The third kappa shape index (κ3) is 8.09. The van der Waals surface area contributed by atoms with Crippen molar-refractivity contribution in [1.82, 2.24) is 20.5 Å². The maximum absolute atomic E-state index is 5.62. The molecule has 0 radical (unpaired) electrons. The van der Waals surface area contributed by atoms with E-state index in [-0.39, 0.29) is 0 Å². The van der Waals surface area contributed by atoms with Crippen molar-refractivity contribution in [2.24, 2.45) is 4.99 Å². The Bertz CT molecular complexity index is 663. The minimum atomic E-state index is 0.477. The Morgan fingerprint density at radius 2 is 1.93 bits per heavy atom. The molecule has 2 aromatic rings. The maximum atomic E-state index is 5.62. The summed E-state index contributed by atoms with van der Waals surface area (Å²) >= 11 is 0. The number of nitrogens with one attached hydrogen (secondary N) is 2. The van der Waals surface area contributed by atoms with Gasteiger partial charge < -0.3 is 15.4 Å². The lowest BCUT2D eigenvalue weighted by molar-refractivity contribution is 0.238. The topological polar surface area (TPSA) is 61.8 Å². The number of aliphatic imine (C=N–C) groups is 1. The van der Waals surface area contributed by atoms with Gasteiger partial charge in [-0.1, -0.05) is 30.3 Å². The van der Waals surface area contributed by atoms with Crippen LogP contribution >= 0.6 is 0 Å². The highest BCUT2D eigenvalue weighted by Gasteiger charge is 2.09. The number of aromatic nitrogens is 1. The molecule has 0 aliphatic carbocycles. The molecular formula is C21H31N5O. The summed E-state index contributed by atoms with van der Waals surface area (Å²) in [6.45, 7) is 5.31. The van der Waals surface area contributed by atoms with Crippen molar-refractivity contribution in [2.45, 2.75) is 25.9 Å². The lowest BCUT2D eigenvalue weighted by atomic mass is 10.1. The van der Waals surface area contributed by atoms with E-state index in [4.69, 9.17) is 4.74 Å². The van der Waals surface area contributed by atoms with Crippen molar-refractivity contribution in [3.05, 3.63) is 60.4 Å². The van der Waals surface area contributed by atoms with E-state index in [9.17, 15) is 0 Å². The second-order valence-electron chi connectivity index (χ2n) is 6.50. The Labute approximate surface area is 162 Å². The third-order valence-electron chi connectivity index (χ3n) is 4.40. The highest BCUT2D eigenvalue weighted by atomic mass is 16.5. The number of hydrogen-bond donors (Lipinski definition) is 2. The van der Waals surface area contributed by atoms with Crippen LogP contribution in [-0.4, -0.2) is 55.7 Å². The highest BCUT2D eigenvalue weighted by Crippen LogP contribution is 2.08. The number of ether oxygens (including phenoxy) is 1. The molecule has 0 saturated carbocycles. The summed E-state index contributed by atoms with van der Waals surface area (Å²) in [5.74, 6) is 1.57. The van der Waals surface area contributed by atoms with Gasteiger partial charge in [-0.15, -0.1) is 0 Å². The van der Waals surface area contributed by atoms with Crippen LogP contribution < -0.4 is 15.4 Å². The van der Waals surface area contributed by atoms with E-state index in [1.165, 1.54) is 5.56 Å². The number of nitrogens with zero attached hydrogens (tertiary/aromatic N) is 3. The van der Waals surface area contributed by atoms with Gasteiger partial charge >= 0.3 is 0 Å². The molecule has 1 heterocycles. The molecule has 6 heteroatoms. The molecule has 0 aliphatic rings. The van der Waals surface area contributed by atoms with E-state index in [1.54, 1.807) is 19.4 Å². The lowest BCUT2D eigenvalue weighted by Gasteiger charge is -2.25. The molecule has 1 unspecified atom stereocenters. The molecule has 0 bridgehead atoms. The lowest BCUT2D eigenvalue weighted by Crippen LogP contribution is -2.41. The number of benzene rings is 1. The summed E-state index contributed by atoms with van der Waals surface area (Å²) in [5.41, 5.74) is 1.34. The van der Waals surface area contributed by atoms with Crippen LogP contribution in [0.5, 0.6) is 5.75 Å². The van der Waals surface area contributed by atoms with Crippen molar-refractivity contribution in [1.29, 1.82) is 0 Å². The first kappa shape index (κ1) is 20.7. The molecule has 0 aliphatic heterocycles. The largest absolute Gasteiger partial charge is 0.490 e. The fourth-order valence-corrected chi connectivity index (χ4v) is 2.64. The number of pyridine rings is 1. The van der Waals surface area contributed by atoms with Gasteiger partial charge in [0.2, 0.25) is 0 Å². The molecule has 0 amide bonds. The van der Waals surface area contributed by atoms with Gasteiger partial charge in [0, 0.05) is 32.4 Å². The normalized spacial score (nSPS) is 12.7. The van der Waals surface area contributed by atoms with Crippen molar-refractivity contribution < 1.29 is 4.74 Å². The molecule has 1 atom stereocenters. The Kier molecular flexibility index (Phi) is 9.13. The summed E-state index contributed by atoms with van der Waals surface area (Å²) in [7, 11) is 3.95. The first-order valence-electron chi connectivity index (χ1n) is 9.40. The minimum Gasteiger partial charge on any atom is -0.490 e. The van der Waals surface area contributed by atoms with Gasteiger partial charge in [0.05, 0.1) is 12.7 Å². The zero-order chi connectivity index (χ0) is 19.3. The van der Waals surface area contributed by atoms with Crippen LogP contribution in [0.4, 0.5) is 0 Å². The van der Waals surface area contributed by atoms with E-state index < -0.39 is 0 Å². The van der Waals surface area contributed by atoms with E-state index in [1.807, 2.05) is 12.1 Å².